The standard InChI is InChI=1S/C24H39N3O5/c1-5-23-11-12-24(32-23)18(17(23)20(29)25-4)22(31)27(16(13-28)14(2)3)19(24)21(30)26-15-9-7-6-8-10-15/h14-19,28H,5-13H2,1-4H3,(H,25,29)(H,26,30)/t16-,17-,18-,19?,23+,24?/m0/s1. The fourth-order valence-electron chi connectivity index (χ4n) is 7.01. The van der Waals surface area contributed by atoms with Gasteiger partial charge in [-0.3, -0.25) is 14.4 Å². The van der Waals surface area contributed by atoms with Gasteiger partial charge in [-0.2, -0.15) is 0 Å². The van der Waals surface area contributed by atoms with Crippen LogP contribution in [0.15, 0.2) is 0 Å². The summed E-state index contributed by atoms with van der Waals surface area (Å²) in [7, 11) is 1.58. The summed E-state index contributed by atoms with van der Waals surface area (Å²) in [6, 6.07) is -1.23. The molecular formula is C24H39N3O5. The Morgan fingerprint density at radius 2 is 1.88 bits per heavy atom. The van der Waals surface area contributed by atoms with E-state index in [1.165, 1.54) is 6.42 Å². The predicted octanol–water partition coefficient (Wildman–Crippen LogP) is 1.35. The number of hydrogen-bond donors (Lipinski definition) is 3. The van der Waals surface area contributed by atoms with Crippen LogP contribution >= 0.6 is 0 Å². The maximum Gasteiger partial charge on any atom is 0.246 e. The highest BCUT2D eigenvalue weighted by atomic mass is 16.5. The van der Waals surface area contributed by atoms with E-state index >= 15 is 0 Å². The lowest BCUT2D eigenvalue weighted by atomic mass is 9.65. The first kappa shape index (κ1) is 23.5. The van der Waals surface area contributed by atoms with Gasteiger partial charge in [-0.15, -0.1) is 0 Å². The number of aliphatic hydroxyl groups is 1. The van der Waals surface area contributed by atoms with Crippen molar-refractivity contribution in [1.29, 1.82) is 0 Å². The van der Waals surface area contributed by atoms with Crippen molar-refractivity contribution in [1.82, 2.24) is 15.5 Å². The van der Waals surface area contributed by atoms with Gasteiger partial charge in [0.25, 0.3) is 0 Å². The average molecular weight is 450 g/mol. The highest BCUT2D eigenvalue weighted by molar-refractivity contribution is 5.99. The number of carbonyl (C=O) groups excluding carboxylic acids is 3. The number of fused-ring (bicyclic) bond motifs is 1. The van der Waals surface area contributed by atoms with E-state index < -0.39 is 35.1 Å². The number of amides is 3. The van der Waals surface area contributed by atoms with Crippen LogP contribution in [-0.4, -0.2) is 70.7 Å². The van der Waals surface area contributed by atoms with Crippen LogP contribution in [0.2, 0.25) is 0 Å². The van der Waals surface area contributed by atoms with Crippen LogP contribution in [-0.2, 0) is 19.1 Å². The molecule has 8 heteroatoms. The van der Waals surface area contributed by atoms with Crippen LogP contribution in [0, 0.1) is 17.8 Å². The molecule has 4 fully saturated rings. The molecule has 180 valence electrons. The lowest BCUT2D eigenvalue weighted by Gasteiger charge is -2.39. The summed E-state index contributed by atoms with van der Waals surface area (Å²) in [6.45, 7) is 5.64. The molecule has 3 aliphatic heterocycles. The van der Waals surface area contributed by atoms with Crippen molar-refractivity contribution < 1.29 is 24.2 Å². The smallest absolute Gasteiger partial charge is 0.246 e. The molecule has 0 radical (unpaired) electrons. The molecule has 8 nitrogen and oxygen atoms in total. The minimum Gasteiger partial charge on any atom is -0.394 e. The Balaban J connectivity index is 1.76. The summed E-state index contributed by atoms with van der Waals surface area (Å²) in [5.74, 6) is -2.00. The van der Waals surface area contributed by atoms with Gasteiger partial charge in [0.1, 0.15) is 11.6 Å². The molecule has 6 atom stereocenters. The van der Waals surface area contributed by atoms with Gasteiger partial charge in [-0.05, 0) is 38.0 Å². The fraction of sp³-hybridized carbons (Fsp3) is 0.875. The SMILES string of the molecule is CC[C@]12CCC3(O1)C(C(=O)NC1CCCCC1)N([C@@H](CO)C(C)C)C(=O)[C@@H]3[C@H]2C(=O)NC. The summed E-state index contributed by atoms with van der Waals surface area (Å²) in [5.41, 5.74) is -1.74. The van der Waals surface area contributed by atoms with Crippen molar-refractivity contribution in [3.63, 3.8) is 0 Å². The molecule has 1 spiro atoms. The molecular weight excluding hydrogens is 410 g/mol. The minimum absolute atomic E-state index is 0.0417. The molecule has 0 aromatic heterocycles. The summed E-state index contributed by atoms with van der Waals surface area (Å²) >= 11 is 0. The number of nitrogens with zero attached hydrogens (tertiary/aromatic N) is 1. The molecule has 3 heterocycles. The van der Waals surface area contributed by atoms with Crippen molar-refractivity contribution in [2.75, 3.05) is 13.7 Å². The first-order valence-electron chi connectivity index (χ1n) is 12.4. The van der Waals surface area contributed by atoms with E-state index in [4.69, 9.17) is 4.74 Å². The molecule has 1 saturated carbocycles. The van der Waals surface area contributed by atoms with E-state index in [1.807, 2.05) is 20.8 Å². The van der Waals surface area contributed by atoms with E-state index in [9.17, 15) is 19.5 Å². The number of likely N-dealkylation sites (tertiary alicyclic amines) is 1. The summed E-state index contributed by atoms with van der Waals surface area (Å²) < 4.78 is 6.69. The van der Waals surface area contributed by atoms with Crippen molar-refractivity contribution in [2.24, 2.45) is 17.8 Å². The topological polar surface area (TPSA) is 108 Å². The second-order valence-corrected chi connectivity index (χ2v) is 10.5. The number of rotatable bonds is 7. The lowest BCUT2D eigenvalue weighted by Crippen LogP contribution is -2.60. The molecule has 1 aliphatic carbocycles. The van der Waals surface area contributed by atoms with E-state index in [-0.39, 0.29) is 36.3 Å². The molecule has 32 heavy (non-hydrogen) atoms. The number of carbonyl (C=O) groups is 3. The molecule has 2 unspecified atom stereocenters. The fourth-order valence-corrected chi connectivity index (χ4v) is 7.01. The zero-order chi connectivity index (χ0) is 23.3. The molecule has 4 rings (SSSR count). The highest BCUT2D eigenvalue weighted by Crippen LogP contribution is 2.64. The molecule has 0 aromatic rings. The Morgan fingerprint density at radius 3 is 2.44 bits per heavy atom. The molecule has 0 aromatic carbocycles. The number of aliphatic hydroxyl groups excluding tert-OH is 1. The maximum atomic E-state index is 13.9. The third-order valence-electron chi connectivity index (χ3n) is 8.66. The van der Waals surface area contributed by atoms with E-state index in [0.29, 0.717) is 19.3 Å². The Morgan fingerprint density at radius 1 is 1.19 bits per heavy atom. The average Bonchev–Trinajstić information content (AvgIpc) is 3.38. The van der Waals surface area contributed by atoms with Crippen LogP contribution in [0.1, 0.15) is 72.1 Å². The largest absolute Gasteiger partial charge is 0.394 e. The van der Waals surface area contributed by atoms with Crippen molar-refractivity contribution in [3.05, 3.63) is 0 Å². The van der Waals surface area contributed by atoms with Gasteiger partial charge in [0.2, 0.25) is 17.7 Å². The second kappa shape index (κ2) is 8.60. The Kier molecular flexibility index (Phi) is 6.31. The first-order chi connectivity index (χ1) is 15.3. The number of hydrogen-bond acceptors (Lipinski definition) is 5. The number of nitrogens with one attached hydrogen (secondary N) is 2. The predicted molar refractivity (Wildman–Crippen MR) is 118 cm³/mol. The number of ether oxygens (including phenoxy) is 1. The Bertz CT molecular complexity index is 767. The maximum absolute atomic E-state index is 13.9. The second-order valence-electron chi connectivity index (χ2n) is 10.5. The van der Waals surface area contributed by atoms with E-state index in [0.717, 1.165) is 25.7 Å². The van der Waals surface area contributed by atoms with Crippen molar-refractivity contribution >= 4 is 17.7 Å². The van der Waals surface area contributed by atoms with Gasteiger partial charge in [-0.1, -0.05) is 40.0 Å². The van der Waals surface area contributed by atoms with Gasteiger partial charge in [0.05, 0.1) is 30.1 Å². The first-order valence-corrected chi connectivity index (χ1v) is 12.4. The monoisotopic (exact) mass is 449 g/mol. The molecule has 3 saturated heterocycles. The van der Waals surface area contributed by atoms with Crippen LogP contribution in [0.4, 0.5) is 0 Å². The van der Waals surface area contributed by atoms with Gasteiger partial charge < -0.3 is 25.4 Å². The molecule has 3 amide bonds. The molecule has 2 bridgehead atoms. The van der Waals surface area contributed by atoms with Crippen LogP contribution < -0.4 is 10.6 Å². The van der Waals surface area contributed by atoms with Gasteiger partial charge >= 0.3 is 0 Å². The lowest BCUT2D eigenvalue weighted by molar-refractivity contribution is -0.152. The van der Waals surface area contributed by atoms with Crippen molar-refractivity contribution in [3.8, 4) is 0 Å². The van der Waals surface area contributed by atoms with Gasteiger partial charge in [0.15, 0.2) is 0 Å². The Hall–Kier alpha value is -1.67. The summed E-state index contributed by atoms with van der Waals surface area (Å²) in [5, 5.41) is 16.1. The zero-order valence-electron chi connectivity index (χ0n) is 19.9. The third-order valence-corrected chi connectivity index (χ3v) is 8.66. The van der Waals surface area contributed by atoms with Crippen LogP contribution in [0.25, 0.3) is 0 Å². The van der Waals surface area contributed by atoms with Crippen LogP contribution in [0.3, 0.4) is 0 Å². The summed E-state index contributed by atoms with van der Waals surface area (Å²) in [4.78, 5) is 42.3. The van der Waals surface area contributed by atoms with Crippen molar-refractivity contribution in [2.45, 2.75) is 101 Å². The highest BCUT2D eigenvalue weighted by Gasteiger charge is 2.79. The third kappa shape index (κ3) is 3.28. The minimum atomic E-state index is -1.02. The Labute approximate surface area is 190 Å². The normalized spacial score (nSPS) is 37.6. The van der Waals surface area contributed by atoms with E-state index in [2.05, 4.69) is 10.6 Å². The summed E-state index contributed by atoms with van der Waals surface area (Å²) in [6.07, 6.45) is 7.08. The van der Waals surface area contributed by atoms with Crippen LogP contribution in [0.5, 0.6) is 0 Å². The van der Waals surface area contributed by atoms with E-state index in [1.54, 1.807) is 11.9 Å². The molecule has 4 aliphatic rings. The van der Waals surface area contributed by atoms with Gasteiger partial charge in [0, 0.05) is 13.1 Å². The molecule has 3 N–H and O–H groups in total. The van der Waals surface area contributed by atoms with Gasteiger partial charge in [-0.25, -0.2) is 0 Å². The quantitative estimate of drug-likeness (QED) is 0.544. The zero-order valence-corrected chi connectivity index (χ0v) is 19.9.